The number of aromatic amines is 1. The van der Waals surface area contributed by atoms with E-state index in [0.717, 1.165) is 22.3 Å². The number of amides is 1. The van der Waals surface area contributed by atoms with Crippen LogP contribution >= 0.6 is 11.3 Å². The standard InChI is InChI=1S/C22H24N6O3S2/c1-28(2)10-9-25-33(30,31)16-6-3-5-15(11-16)12-20(29)27-22-26-19(14-32-22)18-13-24-21-17(18)7-4-8-23-21/h3-8,11,13-14,25H,9-10,12H2,1-2H3,(H,23,24)(H,26,27,29). The van der Waals surface area contributed by atoms with Gasteiger partial charge in [-0.05, 0) is 43.9 Å². The minimum atomic E-state index is -3.64. The molecule has 3 heterocycles. The van der Waals surface area contributed by atoms with E-state index in [9.17, 15) is 13.2 Å². The number of thiazole rings is 1. The highest BCUT2D eigenvalue weighted by molar-refractivity contribution is 7.89. The van der Waals surface area contributed by atoms with Gasteiger partial charge in [-0.1, -0.05) is 12.1 Å². The third kappa shape index (κ3) is 5.63. The van der Waals surface area contributed by atoms with E-state index in [-0.39, 0.29) is 17.2 Å². The van der Waals surface area contributed by atoms with Crippen molar-refractivity contribution in [2.75, 3.05) is 32.5 Å². The van der Waals surface area contributed by atoms with Gasteiger partial charge in [0.2, 0.25) is 15.9 Å². The number of likely N-dealkylation sites (N-methyl/N-ethyl adjacent to an activating group) is 1. The summed E-state index contributed by atoms with van der Waals surface area (Å²) in [5, 5.41) is 6.10. The van der Waals surface area contributed by atoms with E-state index < -0.39 is 10.0 Å². The Morgan fingerprint density at radius 1 is 1.21 bits per heavy atom. The zero-order valence-corrected chi connectivity index (χ0v) is 19.8. The van der Waals surface area contributed by atoms with Crippen LogP contribution in [0.3, 0.4) is 0 Å². The third-order valence-electron chi connectivity index (χ3n) is 4.90. The Bertz CT molecular complexity index is 1380. The van der Waals surface area contributed by atoms with E-state index in [4.69, 9.17) is 0 Å². The number of carbonyl (C=O) groups excluding carboxylic acids is 1. The summed E-state index contributed by atoms with van der Waals surface area (Å²) in [5.41, 5.74) is 3.03. The van der Waals surface area contributed by atoms with Gasteiger partial charge in [-0.15, -0.1) is 11.3 Å². The Labute approximate surface area is 195 Å². The van der Waals surface area contributed by atoms with Crippen LogP contribution in [0.25, 0.3) is 22.3 Å². The van der Waals surface area contributed by atoms with Crippen molar-refractivity contribution in [2.45, 2.75) is 11.3 Å². The molecule has 0 atom stereocenters. The maximum absolute atomic E-state index is 12.6. The molecular formula is C22H24N6O3S2. The van der Waals surface area contributed by atoms with Crippen molar-refractivity contribution in [2.24, 2.45) is 0 Å². The zero-order valence-electron chi connectivity index (χ0n) is 18.2. The highest BCUT2D eigenvalue weighted by Crippen LogP contribution is 2.30. The second kappa shape index (κ2) is 9.79. The van der Waals surface area contributed by atoms with Crippen LogP contribution < -0.4 is 10.0 Å². The SMILES string of the molecule is CN(C)CCNS(=O)(=O)c1cccc(CC(=O)Nc2nc(-c3c[nH]c4ncccc34)cs2)c1. The maximum Gasteiger partial charge on any atom is 0.240 e. The van der Waals surface area contributed by atoms with Crippen molar-refractivity contribution < 1.29 is 13.2 Å². The van der Waals surface area contributed by atoms with Gasteiger partial charge in [0.25, 0.3) is 0 Å². The summed E-state index contributed by atoms with van der Waals surface area (Å²) < 4.78 is 27.6. The van der Waals surface area contributed by atoms with Crippen LogP contribution in [0.15, 0.2) is 59.1 Å². The molecular weight excluding hydrogens is 460 g/mol. The topological polar surface area (TPSA) is 120 Å². The first-order valence-electron chi connectivity index (χ1n) is 10.2. The maximum atomic E-state index is 12.6. The molecule has 0 aliphatic rings. The van der Waals surface area contributed by atoms with E-state index >= 15 is 0 Å². The van der Waals surface area contributed by atoms with Crippen molar-refractivity contribution in [3.05, 3.63) is 59.7 Å². The number of hydrogen-bond donors (Lipinski definition) is 3. The normalized spacial score (nSPS) is 11.8. The van der Waals surface area contributed by atoms with Crippen LogP contribution in [-0.4, -0.2) is 61.4 Å². The number of anilines is 1. The lowest BCUT2D eigenvalue weighted by atomic mass is 10.1. The van der Waals surface area contributed by atoms with E-state index in [0.29, 0.717) is 23.8 Å². The van der Waals surface area contributed by atoms with Crippen molar-refractivity contribution in [3.63, 3.8) is 0 Å². The van der Waals surface area contributed by atoms with Gasteiger partial charge in [0.1, 0.15) is 5.65 Å². The summed E-state index contributed by atoms with van der Waals surface area (Å²) in [6.07, 6.45) is 3.60. The van der Waals surface area contributed by atoms with E-state index in [1.165, 1.54) is 23.5 Å². The molecule has 0 aliphatic carbocycles. The van der Waals surface area contributed by atoms with E-state index in [1.54, 1.807) is 18.3 Å². The summed E-state index contributed by atoms with van der Waals surface area (Å²) in [5.74, 6) is -0.272. The molecule has 3 aromatic heterocycles. The number of hydrogen-bond acceptors (Lipinski definition) is 7. The predicted octanol–water partition coefficient (Wildman–Crippen LogP) is 2.71. The van der Waals surface area contributed by atoms with Crippen LogP contribution in [0.4, 0.5) is 5.13 Å². The number of nitrogens with one attached hydrogen (secondary N) is 3. The lowest BCUT2D eigenvalue weighted by Crippen LogP contribution is -2.31. The molecule has 4 aromatic rings. The van der Waals surface area contributed by atoms with Crippen LogP contribution in [0, 0.1) is 0 Å². The first kappa shape index (κ1) is 23.1. The molecule has 0 unspecified atom stereocenters. The smallest absolute Gasteiger partial charge is 0.240 e. The molecule has 1 amide bonds. The first-order chi connectivity index (χ1) is 15.8. The second-order valence-electron chi connectivity index (χ2n) is 7.71. The number of benzene rings is 1. The predicted molar refractivity (Wildman–Crippen MR) is 130 cm³/mol. The summed E-state index contributed by atoms with van der Waals surface area (Å²) in [7, 11) is 0.104. The Kier molecular flexibility index (Phi) is 6.84. The van der Waals surface area contributed by atoms with Crippen LogP contribution in [0.2, 0.25) is 0 Å². The molecule has 3 N–H and O–H groups in total. The van der Waals surface area contributed by atoms with Gasteiger partial charge < -0.3 is 15.2 Å². The van der Waals surface area contributed by atoms with E-state index in [2.05, 4.69) is 25.0 Å². The number of rotatable bonds is 9. The summed E-state index contributed by atoms with van der Waals surface area (Å²) >= 11 is 1.33. The molecule has 0 aliphatic heterocycles. The Morgan fingerprint density at radius 2 is 2.06 bits per heavy atom. The molecule has 9 nitrogen and oxygen atoms in total. The fraction of sp³-hybridized carbons (Fsp3) is 0.227. The van der Waals surface area contributed by atoms with Gasteiger partial charge in [0.15, 0.2) is 5.13 Å². The Morgan fingerprint density at radius 3 is 2.88 bits per heavy atom. The van der Waals surface area contributed by atoms with E-state index in [1.807, 2.05) is 42.7 Å². The summed E-state index contributed by atoms with van der Waals surface area (Å²) in [6.45, 7) is 0.894. The average molecular weight is 485 g/mol. The fourth-order valence-corrected chi connectivity index (χ4v) is 5.10. The van der Waals surface area contributed by atoms with Gasteiger partial charge in [0, 0.05) is 41.8 Å². The molecule has 11 heteroatoms. The quantitative estimate of drug-likeness (QED) is 0.336. The highest BCUT2D eigenvalue weighted by atomic mass is 32.2. The highest BCUT2D eigenvalue weighted by Gasteiger charge is 2.16. The zero-order chi connectivity index (χ0) is 23.4. The second-order valence-corrected chi connectivity index (χ2v) is 10.3. The minimum Gasteiger partial charge on any atom is -0.345 e. The number of nitrogens with zero attached hydrogens (tertiary/aromatic N) is 3. The van der Waals surface area contributed by atoms with Gasteiger partial charge in [-0.25, -0.2) is 23.1 Å². The summed E-state index contributed by atoms with van der Waals surface area (Å²) in [6, 6.07) is 10.2. The number of fused-ring (bicyclic) bond motifs is 1. The number of sulfonamides is 1. The van der Waals surface area contributed by atoms with Crippen LogP contribution in [0.1, 0.15) is 5.56 Å². The largest absolute Gasteiger partial charge is 0.345 e. The minimum absolute atomic E-state index is 0.0347. The van der Waals surface area contributed by atoms with Crippen molar-refractivity contribution in [1.29, 1.82) is 0 Å². The monoisotopic (exact) mass is 484 g/mol. The van der Waals surface area contributed by atoms with Crippen molar-refractivity contribution in [3.8, 4) is 11.3 Å². The van der Waals surface area contributed by atoms with Crippen molar-refractivity contribution in [1.82, 2.24) is 24.6 Å². The van der Waals surface area contributed by atoms with Crippen molar-refractivity contribution >= 4 is 43.4 Å². The van der Waals surface area contributed by atoms with Gasteiger partial charge >= 0.3 is 0 Å². The number of carbonyl (C=O) groups is 1. The van der Waals surface area contributed by atoms with Gasteiger partial charge in [0.05, 0.1) is 17.0 Å². The lowest BCUT2D eigenvalue weighted by molar-refractivity contribution is -0.115. The molecule has 1 aromatic carbocycles. The molecule has 172 valence electrons. The molecule has 33 heavy (non-hydrogen) atoms. The molecule has 0 fully saturated rings. The molecule has 0 saturated heterocycles. The van der Waals surface area contributed by atoms with Crippen LogP contribution in [0.5, 0.6) is 0 Å². The van der Waals surface area contributed by atoms with Gasteiger partial charge in [-0.2, -0.15) is 0 Å². The number of H-pyrrole nitrogens is 1. The number of pyridine rings is 1. The molecule has 0 saturated carbocycles. The number of aromatic nitrogens is 3. The Hall–Kier alpha value is -3.12. The average Bonchev–Trinajstić information content (AvgIpc) is 3.40. The third-order valence-corrected chi connectivity index (χ3v) is 7.12. The molecule has 4 rings (SSSR count). The van der Waals surface area contributed by atoms with Crippen LogP contribution in [-0.2, 0) is 21.2 Å². The fourth-order valence-electron chi connectivity index (χ4n) is 3.28. The van der Waals surface area contributed by atoms with Gasteiger partial charge in [-0.3, -0.25) is 4.79 Å². The lowest BCUT2D eigenvalue weighted by Gasteiger charge is -2.11. The Balaban J connectivity index is 1.41. The molecule has 0 radical (unpaired) electrons. The first-order valence-corrected chi connectivity index (χ1v) is 12.6. The summed E-state index contributed by atoms with van der Waals surface area (Å²) in [4.78, 5) is 26.5. The molecule has 0 bridgehead atoms. The molecule has 0 spiro atoms.